The van der Waals surface area contributed by atoms with Crippen LogP contribution in [0.2, 0.25) is 0 Å². The van der Waals surface area contributed by atoms with Crippen LogP contribution in [0.5, 0.6) is 0 Å². The van der Waals surface area contributed by atoms with Gasteiger partial charge in [0.1, 0.15) is 9.84 Å². The minimum atomic E-state index is -2.90. The Morgan fingerprint density at radius 1 is 1.19 bits per heavy atom. The van der Waals surface area contributed by atoms with E-state index in [-0.39, 0.29) is 29.4 Å². The van der Waals surface area contributed by atoms with Crippen LogP contribution in [-0.2, 0) is 19.4 Å². The molecule has 2 saturated heterocycles. The molecule has 0 saturated carbocycles. The number of amides is 2. The monoisotopic (exact) mass is 316 g/mol. The molecular weight excluding hydrogens is 292 g/mol. The number of sulfone groups is 1. The average molecular weight is 316 g/mol. The Hall–Kier alpha value is -1.11. The maximum absolute atomic E-state index is 11.9. The van der Waals surface area contributed by atoms with Crippen LogP contribution >= 0.6 is 0 Å². The number of hydrogen-bond acceptors (Lipinski definition) is 4. The normalized spacial score (nSPS) is 23.6. The van der Waals surface area contributed by atoms with Gasteiger partial charge in [0, 0.05) is 32.0 Å². The van der Waals surface area contributed by atoms with E-state index in [1.807, 2.05) is 0 Å². The lowest BCUT2D eigenvalue weighted by atomic mass is 10.1. The largest absolute Gasteiger partial charge is 0.353 e. The molecule has 0 aromatic carbocycles. The van der Waals surface area contributed by atoms with E-state index in [1.54, 1.807) is 4.90 Å². The Labute approximate surface area is 126 Å². The third-order valence-electron chi connectivity index (χ3n) is 4.20. The fraction of sp³-hybridized carbons (Fsp3) is 0.857. The topological polar surface area (TPSA) is 83.6 Å². The highest BCUT2D eigenvalue weighted by Crippen LogP contribution is 2.13. The predicted molar refractivity (Wildman–Crippen MR) is 79.5 cm³/mol. The lowest BCUT2D eigenvalue weighted by Gasteiger charge is -2.24. The van der Waals surface area contributed by atoms with Gasteiger partial charge in [-0.05, 0) is 25.7 Å². The summed E-state index contributed by atoms with van der Waals surface area (Å²) in [6.07, 6.45) is 4.90. The Morgan fingerprint density at radius 3 is 2.62 bits per heavy atom. The van der Waals surface area contributed by atoms with Crippen molar-refractivity contribution in [1.82, 2.24) is 10.2 Å². The Balaban J connectivity index is 1.71. The quantitative estimate of drug-likeness (QED) is 0.817. The molecule has 7 heteroatoms. The summed E-state index contributed by atoms with van der Waals surface area (Å²) >= 11 is 0. The van der Waals surface area contributed by atoms with Gasteiger partial charge in [-0.15, -0.1) is 0 Å². The molecule has 0 aromatic rings. The first-order valence-corrected chi connectivity index (χ1v) is 9.56. The third-order valence-corrected chi connectivity index (χ3v) is 5.92. The second-order valence-corrected chi connectivity index (χ2v) is 8.24. The minimum absolute atomic E-state index is 0.0409. The van der Waals surface area contributed by atoms with Crippen molar-refractivity contribution in [1.29, 1.82) is 0 Å². The second kappa shape index (κ2) is 7.24. The van der Waals surface area contributed by atoms with E-state index in [2.05, 4.69) is 5.32 Å². The van der Waals surface area contributed by atoms with Crippen LogP contribution in [0.3, 0.4) is 0 Å². The van der Waals surface area contributed by atoms with E-state index in [0.717, 1.165) is 25.8 Å². The van der Waals surface area contributed by atoms with Gasteiger partial charge < -0.3 is 10.2 Å². The number of carbonyl (C=O) groups is 2. The predicted octanol–water partition coefficient (Wildman–Crippen LogP) is 0.473. The van der Waals surface area contributed by atoms with Crippen molar-refractivity contribution < 1.29 is 18.0 Å². The van der Waals surface area contributed by atoms with Crippen LogP contribution in [0.25, 0.3) is 0 Å². The molecular formula is C14H24N2O4S. The first-order chi connectivity index (χ1) is 9.96. The van der Waals surface area contributed by atoms with Gasteiger partial charge in [0.2, 0.25) is 11.8 Å². The van der Waals surface area contributed by atoms with Crippen molar-refractivity contribution in [2.45, 2.75) is 51.0 Å². The van der Waals surface area contributed by atoms with Gasteiger partial charge in [0.15, 0.2) is 0 Å². The number of likely N-dealkylation sites (tertiary alicyclic amines) is 1. The van der Waals surface area contributed by atoms with E-state index in [0.29, 0.717) is 32.2 Å². The minimum Gasteiger partial charge on any atom is -0.353 e. The highest BCUT2D eigenvalue weighted by atomic mass is 32.2. The smallest absolute Gasteiger partial charge is 0.222 e. The fourth-order valence-corrected chi connectivity index (χ4v) is 4.34. The van der Waals surface area contributed by atoms with Gasteiger partial charge in [-0.25, -0.2) is 8.42 Å². The fourth-order valence-electron chi connectivity index (χ4n) is 2.85. The van der Waals surface area contributed by atoms with Crippen molar-refractivity contribution >= 4 is 21.7 Å². The molecule has 0 radical (unpaired) electrons. The highest BCUT2D eigenvalue weighted by Gasteiger charge is 2.25. The van der Waals surface area contributed by atoms with E-state index < -0.39 is 9.84 Å². The summed E-state index contributed by atoms with van der Waals surface area (Å²) in [6.45, 7) is 1.21. The van der Waals surface area contributed by atoms with Gasteiger partial charge in [0.25, 0.3) is 0 Å². The zero-order chi connectivity index (χ0) is 15.3. The number of nitrogens with one attached hydrogen (secondary N) is 1. The summed E-state index contributed by atoms with van der Waals surface area (Å²) in [4.78, 5) is 25.5. The van der Waals surface area contributed by atoms with E-state index in [1.165, 1.54) is 0 Å². The molecule has 2 aliphatic rings. The van der Waals surface area contributed by atoms with Crippen LogP contribution < -0.4 is 5.32 Å². The van der Waals surface area contributed by atoms with Crippen molar-refractivity contribution in [2.24, 2.45) is 0 Å². The van der Waals surface area contributed by atoms with Crippen LogP contribution in [0.4, 0.5) is 0 Å². The van der Waals surface area contributed by atoms with E-state index >= 15 is 0 Å². The van der Waals surface area contributed by atoms with E-state index in [9.17, 15) is 18.0 Å². The second-order valence-electron chi connectivity index (χ2n) is 5.94. The van der Waals surface area contributed by atoms with Crippen LogP contribution in [0, 0.1) is 0 Å². The van der Waals surface area contributed by atoms with Crippen LogP contribution in [0.1, 0.15) is 44.9 Å². The Bertz CT molecular complexity index is 475. The summed E-state index contributed by atoms with van der Waals surface area (Å²) in [5.74, 6) is 0.367. The van der Waals surface area contributed by atoms with Crippen molar-refractivity contribution in [2.75, 3.05) is 24.6 Å². The lowest BCUT2D eigenvalue weighted by molar-refractivity contribution is -0.131. The summed E-state index contributed by atoms with van der Waals surface area (Å²) in [7, 11) is -2.90. The maximum Gasteiger partial charge on any atom is 0.222 e. The summed E-state index contributed by atoms with van der Waals surface area (Å²) in [5, 5.41) is 2.89. The Morgan fingerprint density at radius 2 is 1.90 bits per heavy atom. The molecule has 2 aliphatic heterocycles. The van der Waals surface area contributed by atoms with Gasteiger partial charge in [-0.3, -0.25) is 9.59 Å². The van der Waals surface area contributed by atoms with Gasteiger partial charge >= 0.3 is 0 Å². The molecule has 2 heterocycles. The van der Waals surface area contributed by atoms with Crippen LogP contribution in [0.15, 0.2) is 0 Å². The third kappa shape index (κ3) is 5.30. The molecule has 0 atom stereocenters. The maximum atomic E-state index is 11.9. The summed E-state index contributed by atoms with van der Waals surface area (Å²) < 4.78 is 22.7. The number of nitrogens with zero attached hydrogens (tertiary/aromatic N) is 1. The van der Waals surface area contributed by atoms with Crippen molar-refractivity contribution in [3.63, 3.8) is 0 Å². The molecule has 2 rings (SSSR count). The average Bonchev–Trinajstić information content (AvgIpc) is 2.64. The molecule has 6 nitrogen and oxygen atoms in total. The molecule has 0 bridgehead atoms. The molecule has 21 heavy (non-hydrogen) atoms. The first kappa shape index (κ1) is 16.3. The van der Waals surface area contributed by atoms with E-state index in [4.69, 9.17) is 0 Å². The van der Waals surface area contributed by atoms with Crippen LogP contribution in [-0.4, -0.2) is 55.8 Å². The summed E-state index contributed by atoms with van der Waals surface area (Å²) in [6, 6.07) is -0.0409. The SMILES string of the molecule is O=C(CCN1CCCCCC1=O)NC1CCS(=O)(=O)CC1. The first-order valence-electron chi connectivity index (χ1n) is 7.74. The zero-order valence-corrected chi connectivity index (χ0v) is 13.2. The molecule has 0 aliphatic carbocycles. The highest BCUT2D eigenvalue weighted by molar-refractivity contribution is 7.91. The Kier molecular flexibility index (Phi) is 5.61. The van der Waals surface area contributed by atoms with Gasteiger partial charge in [-0.1, -0.05) is 6.42 Å². The van der Waals surface area contributed by atoms with Crippen molar-refractivity contribution in [3.8, 4) is 0 Å². The molecule has 120 valence electrons. The van der Waals surface area contributed by atoms with Gasteiger partial charge in [-0.2, -0.15) is 0 Å². The molecule has 0 aromatic heterocycles. The number of hydrogen-bond donors (Lipinski definition) is 1. The molecule has 0 unspecified atom stereocenters. The number of carbonyl (C=O) groups excluding carboxylic acids is 2. The summed E-state index contributed by atoms with van der Waals surface area (Å²) in [5.41, 5.74) is 0. The number of rotatable bonds is 4. The van der Waals surface area contributed by atoms with Gasteiger partial charge in [0.05, 0.1) is 11.5 Å². The standard InChI is InChI=1S/C14H24N2O4S/c17-13(15-12-6-10-21(19,20)11-7-12)5-9-16-8-3-1-2-4-14(16)18/h12H,1-11H2,(H,15,17). The zero-order valence-electron chi connectivity index (χ0n) is 12.3. The molecule has 0 spiro atoms. The van der Waals surface area contributed by atoms with Crippen molar-refractivity contribution in [3.05, 3.63) is 0 Å². The molecule has 2 fully saturated rings. The molecule has 2 amide bonds. The molecule has 1 N–H and O–H groups in total. The lowest BCUT2D eigenvalue weighted by Crippen LogP contribution is -2.42.